The Kier molecular flexibility index (Phi) is 55.1. The number of ether oxygens (including phenoxy) is 4. The number of unbranched alkanes of at least 4 members (excludes halogenated alkanes) is 23. The van der Waals surface area contributed by atoms with E-state index >= 15 is 0 Å². The van der Waals surface area contributed by atoms with Gasteiger partial charge in [0.15, 0.2) is 12.4 Å². The Balaban J connectivity index is 4.28. The first-order chi connectivity index (χ1) is 37.6. The number of carbonyl (C=O) groups is 3. The number of carboxylic acid groups (broad SMARTS) is 1. The number of esters is 2. The van der Waals surface area contributed by atoms with Gasteiger partial charge in [-0.1, -0.05) is 258 Å². The molecule has 0 fully saturated rings. The smallest absolute Gasteiger partial charge is 0.306 e. The second-order valence-electron chi connectivity index (χ2n) is 21.6. The van der Waals surface area contributed by atoms with Crippen molar-refractivity contribution < 1.29 is 42.9 Å². The van der Waals surface area contributed by atoms with E-state index in [1.807, 2.05) is 21.1 Å². The Bertz CT molecular complexity index is 1630. The van der Waals surface area contributed by atoms with E-state index in [0.29, 0.717) is 17.4 Å². The predicted octanol–water partition coefficient (Wildman–Crippen LogP) is 17.3. The van der Waals surface area contributed by atoms with E-state index in [-0.39, 0.29) is 38.6 Å². The van der Waals surface area contributed by atoms with Crippen LogP contribution in [0.25, 0.3) is 0 Å². The first-order valence-corrected chi connectivity index (χ1v) is 31.0. The molecule has 440 valence electrons. The molecule has 9 nitrogen and oxygen atoms in total. The molecule has 0 aromatic carbocycles. The molecule has 0 saturated carbocycles. The molecule has 0 aliphatic heterocycles. The van der Waals surface area contributed by atoms with Crippen molar-refractivity contribution in [2.45, 2.75) is 257 Å². The van der Waals surface area contributed by atoms with E-state index in [0.717, 1.165) is 109 Å². The standard InChI is InChI=1S/C68H115NO8/c1-6-8-10-12-14-16-18-20-22-24-26-27-28-29-30-31-32-33-34-35-36-37-38-39-41-43-45-47-49-51-53-55-57-59-66(71)77-64(63-76-68(67(72)73)74-61-60-69(3,4)5)62-75-65(70)58-56-54-52-50-48-46-44-42-40-25-23-21-19-17-15-13-11-9-7-2/h8,10,14,16,20,22,26-27,29-30,32-33,35-36,38-39,43,45,64,68H,6-7,9,11-13,15,17-19,21,23-25,28,31,34,37,40-42,44,46-63H2,1-5H3/b10-8-,16-14-,22-20-,27-26-,30-29-,33-32-,36-35-,39-38-,45-43-. The summed E-state index contributed by atoms with van der Waals surface area (Å²) < 4.78 is 22.7. The lowest BCUT2D eigenvalue weighted by atomic mass is 10.0. The summed E-state index contributed by atoms with van der Waals surface area (Å²) in [5.41, 5.74) is 0. The SMILES string of the molecule is CC/C=C\C/C=C\C/C=C\C/C=C\C/C=C\C/C=C\C/C=C\C/C=C\C/C=C\CCCCCCCC(=O)OC(COC(=O)CCCCCCCCCCCCCCCCCCCCC)COC(OCC[N+](C)(C)C)C(=O)[O-]. The summed E-state index contributed by atoms with van der Waals surface area (Å²) in [5.74, 6) is -2.31. The maximum absolute atomic E-state index is 12.9. The molecule has 2 unspecified atom stereocenters. The van der Waals surface area contributed by atoms with Crippen LogP contribution in [0, 0.1) is 0 Å². The number of rotatable bonds is 56. The van der Waals surface area contributed by atoms with Crippen LogP contribution in [-0.4, -0.2) is 82.3 Å². The first-order valence-electron chi connectivity index (χ1n) is 31.0. The number of nitrogens with zero attached hydrogens (tertiary/aromatic N) is 1. The van der Waals surface area contributed by atoms with Gasteiger partial charge in [-0.05, 0) is 83.5 Å². The molecule has 0 aromatic rings. The molecular weight excluding hydrogens is 959 g/mol. The number of likely N-dealkylation sites (N-methyl/N-ethyl adjacent to an activating group) is 1. The van der Waals surface area contributed by atoms with Gasteiger partial charge < -0.3 is 33.3 Å². The molecule has 0 aromatic heterocycles. The van der Waals surface area contributed by atoms with Crippen LogP contribution in [0.15, 0.2) is 109 Å². The fourth-order valence-electron chi connectivity index (χ4n) is 8.29. The van der Waals surface area contributed by atoms with E-state index in [9.17, 15) is 19.5 Å². The van der Waals surface area contributed by atoms with Crippen molar-refractivity contribution in [3.63, 3.8) is 0 Å². The van der Waals surface area contributed by atoms with E-state index in [4.69, 9.17) is 18.9 Å². The Morgan fingerprint density at radius 2 is 0.740 bits per heavy atom. The molecule has 2 atom stereocenters. The molecule has 0 N–H and O–H groups in total. The Labute approximate surface area is 473 Å². The molecular formula is C68H115NO8. The molecule has 0 heterocycles. The van der Waals surface area contributed by atoms with Crippen LogP contribution >= 0.6 is 0 Å². The maximum Gasteiger partial charge on any atom is 0.306 e. The minimum atomic E-state index is -1.63. The van der Waals surface area contributed by atoms with Gasteiger partial charge in [-0.15, -0.1) is 0 Å². The van der Waals surface area contributed by atoms with Crippen LogP contribution in [0.5, 0.6) is 0 Å². The third kappa shape index (κ3) is 59.5. The number of hydrogen-bond donors (Lipinski definition) is 0. The van der Waals surface area contributed by atoms with Crippen LogP contribution in [0.4, 0.5) is 0 Å². The summed E-state index contributed by atoms with van der Waals surface area (Å²) >= 11 is 0. The minimum Gasteiger partial charge on any atom is -0.545 e. The highest BCUT2D eigenvalue weighted by molar-refractivity contribution is 5.70. The van der Waals surface area contributed by atoms with Crippen molar-refractivity contribution in [2.24, 2.45) is 0 Å². The van der Waals surface area contributed by atoms with E-state index in [1.165, 1.54) is 103 Å². The van der Waals surface area contributed by atoms with Gasteiger partial charge in [0.25, 0.3) is 0 Å². The summed E-state index contributed by atoms with van der Waals surface area (Å²) in [6, 6.07) is 0. The zero-order chi connectivity index (χ0) is 56.2. The van der Waals surface area contributed by atoms with Gasteiger partial charge in [-0.25, -0.2) is 0 Å². The molecule has 9 heteroatoms. The Hall–Kier alpha value is -4.05. The molecule has 0 radical (unpaired) electrons. The van der Waals surface area contributed by atoms with Crippen LogP contribution < -0.4 is 5.11 Å². The molecule has 0 amide bonds. The summed E-state index contributed by atoms with van der Waals surface area (Å²) in [4.78, 5) is 37.3. The van der Waals surface area contributed by atoms with E-state index in [1.54, 1.807) is 0 Å². The average Bonchev–Trinajstić information content (AvgIpc) is 3.40. The second-order valence-corrected chi connectivity index (χ2v) is 21.6. The third-order valence-electron chi connectivity index (χ3n) is 13.0. The molecule has 0 aliphatic carbocycles. The predicted molar refractivity (Wildman–Crippen MR) is 324 cm³/mol. The number of aliphatic carboxylic acids is 1. The molecule has 0 saturated heterocycles. The van der Waals surface area contributed by atoms with Crippen molar-refractivity contribution in [3.05, 3.63) is 109 Å². The number of carboxylic acids is 1. The zero-order valence-corrected chi connectivity index (χ0v) is 50.0. The van der Waals surface area contributed by atoms with Gasteiger partial charge >= 0.3 is 11.9 Å². The lowest BCUT2D eigenvalue weighted by Gasteiger charge is -2.26. The molecule has 0 aliphatic rings. The van der Waals surface area contributed by atoms with Crippen LogP contribution in [0.3, 0.4) is 0 Å². The topological polar surface area (TPSA) is 111 Å². The van der Waals surface area contributed by atoms with Crippen LogP contribution in [-0.2, 0) is 33.3 Å². The van der Waals surface area contributed by atoms with Crippen LogP contribution in [0.1, 0.15) is 245 Å². The zero-order valence-electron chi connectivity index (χ0n) is 50.0. The van der Waals surface area contributed by atoms with Gasteiger partial charge in [-0.2, -0.15) is 0 Å². The highest BCUT2D eigenvalue weighted by Crippen LogP contribution is 2.16. The van der Waals surface area contributed by atoms with Crippen molar-refractivity contribution in [1.82, 2.24) is 0 Å². The molecule has 77 heavy (non-hydrogen) atoms. The van der Waals surface area contributed by atoms with Gasteiger partial charge in [0, 0.05) is 12.8 Å². The monoisotopic (exact) mass is 1070 g/mol. The Morgan fingerprint density at radius 1 is 0.403 bits per heavy atom. The number of hydrogen-bond acceptors (Lipinski definition) is 8. The largest absolute Gasteiger partial charge is 0.545 e. The average molecular weight is 1070 g/mol. The fraction of sp³-hybridized carbons (Fsp3) is 0.691. The second kappa shape index (κ2) is 58.1. The van der Waals surface area contributed by atoms with Crippen LogP contribution in [0.2, 0.25) is 0 Å². The summed E-state index contributed by atoms with van der Waals surface area (Å²) in [6.45, 7) is 4.62. The van der Waals surface area contributed by atoms with Crippen molar-refractivity contribution in [3.8, 4) is 0 Å². The lowest BCUT2D eigenvalue weighted by Crippen LogP contribution is -2.44. The number of allylic oxidation sites excluding steroid dienone is 18. The highest BCUT2D eigenvalue weighted by Gasteiger charge is 2.22. The quantitative estimate of drug-likeness (QED) is 0.0195. The van der Waals surface area contributed by atoms with Crippen molar-refractivity contribution in [2.75, 3.05) is 47.5 Å². The number of carbonyl (C=O) groups excluding carboxylic acids is 3. The van der Waals surface area contributed by atoms with Gasteiger partial charge in [-0.3, -0.25) is 9.59 Å². The molecule has 0 bridgehead atoms. The first kappa shape index (κ1) is 73.0. The van der Waals surface area contributed by atoms with Crippen molar-refractivity contribution >= 4 is 17.9 Å². The fourth-order valence-corrected chi connectivity index (χ4v) is 8.29. The number of quaternary nitrogens is 1. The highest BCUT2D eigenvalue weighted by atomic mass is 16.7. The molecule has 0 spiro atoms. The van der Waals surface area contributed by atoms with E-state index in [2.05, 4.69) is 123 Å². The molecule has 0 rings (SSSR count). The van der Waals surface area contributed by atoms with Crippen molar-refractivity contribution in [1.29, 1.82) is 0 Å². The van der Waals surface area contributed by atoms with Gasteiger partial charge in [0.2, 0.25) is 0 Å². The van der Waals surface area contributed by atoms with E-state index < -0.39 is 24.3 Å². The Morgan fingerprint density at radius 3 is 1.10 bits per heavy atom. The summed E-state index contributed by atoms with van der Waals surface area (Å²) in [7, 11) is 5.91. The third-order valence-corrected chi connectivity index (χ3v) is 13.0. The normalized spacial score (nSPS) is 13.5. The van der Waals surface area contributed by atoms with Gasteiger partial charge in [0.05, 0.1) is 40.3 Å². The maximum atomic E-state index is 12.9. The summed E-state index contributed by atoms with van der Waals surface area (Å²) in [6.07, 6.45) is 77.1. The summed E-state index contributed by atoms with van der Waals surface area (Å²) in [5, 5.41) is 11.8. The van der Waals surface area contributed by atoms with Gasteiger partial charge in [0.1, 0.15) is 13.2 Å². The lowest BCUT2D eigenvalue weighted by molar-refractivity contribution is -0.870. The minimum absolute atomic E-state index is 0.139.